The molecule has 2 aliphatic heterocycles. The maximum absolute atomic E-state index is 12.2. The van der Waals surface area contributed by atoms with Crippen LogP contribution in [-0.4, -0.2) is 85.6 Å². The average molecular weight is 280 g/mol. The van der Waals surface area contributed by atoms with Crippen molar-refractivity contribution in [2.45, 2.75) is 37.8 Å². The lowest BCUT2D eigenvalue weighted by molar-refractivity contribution is -0.132. The van der Waals surface area contributed by atoms with E-state index in [0.717, 1.165) is 38.8 Å². The molecule has 5 nitrogen and oxygen atoms in total. The predicted molar refractivity (Wildman–Crippen MR) is 79.7 cm³/mol. The highest BCUT2D eigenvalue weighted by atomic mass is 16.2. The van der Waals surface area contributed by atoms with Gasteiger partial charge in [-0.15, -0.1) is 0 Å². The van der Waals surface area contributed by atoms with Crippen LogP contribution >= 0.6 is 0 Å². The van der Waals surface area contributed by atoms with E-state index in [9.17, 15) is 4.79 Å². The molecule has 0 bridgehead atoms. The van der Waals surface area contributed by atoms with Crippen LogP contribution < -0.4 is 5.32 Å². The first kappa shape index (κ1) is 14.3. The summed E-state index contributed by atoms with van der Waals surface area (Å²) in [6, 6.07) is 1.54. The normalized spacial score (nSPS) is 28.3. The van der Waals surface area contributed by atoms with Gasteiger partial charge in [-0.05, 0) is 26.3 Å². The smallest absolute Gasteiger partial charge is 0.223 e. The number of nitrogens with one attached hydrogen (secondary N) is 1. The molecule has 1 saturated carbocycles. The maximum atomic E-state index is 12.2. The Labute approximate surface area is 122 Å². The zero-order chi connectivity index (χ0) is 13.9. The monoisotopic (exact) mass is 280 g/mol. The number of rotatable bonds is 5. The SMILES string of the molecule is CN(CCC(=O)N1CCNCC1)C1CCN(C2CC2)C1. The van der Waals surface area contributed by atoms with Crippen LogP contribution in [0.3, 0.4) is 0 Å². The third kappa shape index (κ3) is 3.51. The summed E-state index contributed by atoms with van der Waals surface area (Å²) < 4.78 is 0. The summed E-state index contributed by atoms with van der Waals surface area (Å²) in [5.74, 6) is 0.329. The number of hydrogen-bond donors (Lipinski definition) is 1. The number of amides is 1. The van der Waals surface area contributed by atoms with Crippen LogP contribution in [0.4, 0.5) is 0 Å². The Morgan fingerprint density at radius 1 is 1.20 bits per heavy atom. The Morgan fingerprint density at radius 3 is 2.65 bits per heavy atom. The molecule has 0 aromatic heterocycles. The lowest BCUT2D eigenvalue weighted by Crippen LogP contribution is -2.47. The highest BCUT2D eigenvalue weighted by Gasteiger charge is 2.35. The third-order valence-corrected chi connectivity index (χ3v) is 5.03. The second-order valence-electron chi connectivity index (χ2n) is 6.53. The molecule has 1 N–H and O–H groups in total. The van der Waals surface area contributed by atoms with Gasteiger partial charge in [0.15, 0.2) is 0 Å². The molecule has 114 valence electrons. The van der Waals surface area contributed by atoms with Gasteiger partial charge in [-0.1, -0.05) is 0 Å². The van der Waals surface area contributed by atoms with Crippen LogP contribution in [0.2, 0.25) is 0 Å². The number of likely N-dealkylation sites (N-methyl/N-ethyl adjacent to an activating group) is 1. The molecule has 1 aliphatic carbocycles. The molecule has 2 saturated heterocycles. The summed E-state index contributed by atoms with van der Waals surface area (Å²) in [5, 5.41) is 3.29. The fraction of sp³-hybridized carbons (Fsp3) is 0.933. The number of carbonyl (C=O) groups excluding carboxylic acids is 1. The van der Waals surface area contributed by atoms with Gasteiger partial charge in [0.05, 0.1) is 0 Å². The van der Waals surface area contributed by atoms with Gasteiger partial charge in [0.2, 0.25) is 5.91 Å². The molecule has 0 spiro atoms. The van der Waals surface area contributed by atoms with Crippen LogP contribution in [0.1, 0.15) is 25.7 Å². The van der Waals surface area contributed by atoms with Crippen LogP contribution in [0.25, 0.3) is 0 Å². The third-order valence-electron chi connectivity index (χ3n) is 5.03. The summed E-state index contributed by atoms with van der Waals surface area (Å²) in [6.07, 6.45) is 4.75. The van der Waals surface area contributed by atoms with Gasteiger partial charge >= 0.3 is 0 Å². The number of carbonyl (C=O) groups is 1. The summed E-state index contributed by atoms with van der Waals surface area (Å²) in [7, 11) is 2.19. The summed E-state index contributed by atoms with van der Waals surface area (Å²) in [5.41, 5.74) is 0. The average Bonchev–Trinajstić information content (AvgIpc) is 3.22. The van der Waals surface area contributed by atoms with E-state index in [1.807, 2.05) is 4.90 Å². The van der Waals surface area contributed by atoms with Crippen LogP contribution in [0, 0.1) is 0 Å². The molecule has 2 heterocycles. The van der Waals surface area contributed by atoms with Crippen molar-refractivity contribution >= 4 is 5.91 Å². The first-order valence-corrected chi connectivity index (χ1v) is 8.17. The number of piperazine rings is 1. The van der Waals surface area contributed by atoms with Crippen molar-refractivity contribution in [2.75, 3.05) is 52.9 Å². The van der Waals surface area contributed by atoms with Crippen molar-refractivity contribution in [1.82, 2.24) is 20.0 Å². The van der Waals surface area contributed by atoms with E-state index in [0.29, 0.717) is 18.4 Å². The van der Waals surface area contributed by atoms with Gasteiger partial charge in [-0.25, -0.2) is 0 Å². The van der Waals surface area contributed by atoms with Crippen molar-refractivity contribution < 1.29 is 4.79 Å². The summed E-state index contributed by atoms with van der Waals surface area (Å²) in [4.78, 5) is 19.2. The molecule has 1 amide bonds. The standard InChI is InChI=1S/C15H28N4O/c1-17(14-4-9-19(12-14)13-2-3-13)8-5-15(20)18-10-6-16-7-11-18/h13-14,16H,2-12H2,1H3. The number of nitrogens with zero attached hydrogens (tertiary/aromatic N) is 3. The van der Waals surface area contributed by atoms with Crippen molar-refractivity contribution in [2.24, 2.45) is 0 Å². The minimum atomic E-state index is 0.329. The fourth-order valence-corrected chi connectivity index (χ4v) is 3.43. The number of hydrogen-bond acceptors (Lipinski definition) is 4. The summed E-state index contributed by atoms with van der Waals surface area (Å²) in [6.45, 7) is 7.02. The van der Waals surface area contributed by atoms with Gasteiger partial charge in [-0.3, -0.25) is 9.69 Å². The molecule has 20 heavy (non-hydrogen) atoms. The topological polar surface area (TPSA) is 38.8 Å². The number of likely N-dealkylation sites (tertiary alicyclic amines) is 1. The van der Waals surface area contributed by atoms with E-state index in [1.165, 1.54) is 32.4 Å². The van der Waals surface area contributed by atoms with Crippen molar-refractivity contribution in [3.8, 4) is 0 Å². The van der Waals surface area contributed by atoms with E-state index in [2.05, 4.69) is 22.2 Å². The van der Waals surface area contributed by atoms with E-state index in [-0.39, 0.29) is 0 Å². The van der Waals surface area contributed by atoms with Crippen molar-refractivity contribution in [1.29, 1.82) is 0 Å². The van der Waals surface area contributed by atoms with Crippen molar-refractivity contribution in [3.63, 3.8) is 0 Å². The van der Waals surface area contributed by atoms with Gasteiger partial charge < -0.3 is 15.1 Å². The Morgan fingerprint density at radius 2 is 1.95 bits per heavy atom. The van der Waals surface area contributed by atoms with Crippen LogP contribution in [0.15, 0.2) is 0 Å². The molecular formula is C15H28N4O. The molecule has 5 heteroatoms. The quantitative estimate of drug-likeness (QED) is 0.768. The minimum absolute atomic E-state index is 0.329. The zero-order valence-corrected chi connectivity index (χ0v) is 12.7. The molecule has 1 atom stereocenters. The second kappa shape index (κ2) is 6.41. The molecule has 0 aromatic rings. The minimum Gasteiger partial charge on any atom is -0.340 e. The first-order valence-electron chi connectivity index (χ1n) is 8.17. The van der Waals surface area contributed by atoms with Gasteiger partial charge in [-0.2, -0.15) is 0 Å². The van der Waals surface area contributed by atoms with Crippen LogP contribution in [-0.2, 0) is 4.79 Å². The largest absolute Gasteiger partial charge is 0.340 e. The van der Waals surface area contributed by atoms with Crippen molar-refractivity contribution in [3.05, 3.63) is 0 Å². The lowest BCUT2D eigenvalue weighted by Gasteiger charge is -2.29. The van der Waals surface area contributed by atoms with E-state index < -0.39 is 0 Å². The molecule has 1 unspecified atom stereocenters. The molecule has 0 aromatic carbocycles. The highest BCUT2D eigenvalue weighted by Crippen LogP contribution is 2.30. The van der Waals surface area contributed by atoms with Crippen LogP contribution in [0.5, 0.6) is 0 Å². The van der Waals surface area contributed by atoms with E-state index >= 15 is 0 Å². The Balaban J connectivity index is 1.38. The van der Waals surface area contributed by atoms with Gasteiger partial charge in [0, 0.05) is 64.3 Å². The fourth-order valence-electron chi connectivity index (χ4n) is 3.43. The molecule has 3 aliphatic rings. The molecular weight excluding hydrogens is 252 g/mol. The summed E-state index contributed by atoms with van der Waals surface area (Å²) >= 11 is 0. The Bertz CT molecular complexity index is 339. The van der Waals surface area contributed by atoms with E-state index in [4.69, 9.17) is 0 Å². The molecule has 3 rings (SSSR count). The Kier molecular flexibility index (Phi) is 4.58. The lowest BCUT2D eigenvalue weighted by atomic mass is 10.2. The first-order chi connectivity index (χ1) is 9.74. The van der Waals surface area contributed by atoms with Gasteiger partial charge in [0.25, 0.3) is 0 Å². The van der Waals surface area contributed by atoms with Gasteiger partial charge in [0.1, 0.15) is 0 Å². The maximum Gasteiger partial charge on any atom is 0.223 e. The highest BCUT2D eigenvalue weighted by molar-refractivity contribution is 5.76. The second-order valence-corrected chi connectivity index (χ2v) is 6.53. The molecule has 3 fully saturated rings. The molecule has 0 radical (unpaired) electrons. The predicted octanol–water partition coefficient (Wildman–Crippen LogP) is -0.0232. The van der Waals surface area contributed by atoms with E-state index in [1.54, 1.807) is 0 Å². The zero-order valence-electron chi connectivity index (χ0n) is 12.7. The Hall–Kier alpha value is -0.650.